The number of aliphatic hydroxyl groups excluding tert-OH is 1. The van der Waals surface area contributed by atoms with Crippen molar-refractivity contribution in [1.82, 2.24) is 4.90 Å². The number of hydrogen-bond donors (Lipinski definition) is 1. The number of likely N-dealkylation sites (N-methyl/N-ethyl adjacent to an activating group) is 1. The maximum Gasteiger partial charge on any atom is 0.162 e. The Morgan fingerprint density at radius 2 is 1.79 bits per heavy atom. The highest BCUT2D eigenvalue weighted by atomic mass is 19.2. The molecule has 0 bridgehead atoms. The van der Waals surface area contributed by atoms with Crippen molar-refractivity contribution in [3.05, 3.63) is 71.0 Å². The Morgan fingerprint density at radius 3 is 2.42 bits per heavy atom. The fourth-order valence-electron chi connectivity index (χ4n) is 3.58. The monoisotopic (exact) mass is 335 g/mol. The molecule has 1 heterocycles. The lowest BCUT2D eigenvalue weighted by Crippen LogP contribution is -2.40. The molecule has 0 saturated carbocycles. The molecule has 2 aromatic carbocycles. The van der Waals surface area contributed by atoms with E-state index in [1.165, 1.54) is 36.4 Å². The highest BCUT2D eigenvalue weighted by molar-refractivity contribution is 5.36. The zero-order chi connectivity index (χ0) is 17.3. The molecule has 0 radical (unpaired) electrons. The molecule has 3 rings (SSSR count). The first-order valence-electron chi connectivity index (χ1n) is 8.06. The molecular weight excluding hydrogens is 315 g/mol. The molecule has 0 amide bonds. The lowest BCUT2D eigenvalue weighted by atomic mass is 9.82. The third kappa shape index (κ3) is 3.19. The Bertz CT molecular complexity index is 704. The summed E-state index contributed by atoms with van der Waals surface area (Å²) < 4.78 is 41.4. The Morgan fingerprint density at radius 1 is 1.08 bits per heavy atom. The minimum atomic E-state index is -0.966. The third-order valence-electron chi connectivity index (χ3n) is 4.86. The van der Waals surface area contributed by atoms with Crippen LogP contribution in [-0.2, 0) is 0 Å². The molecule has 0 spiro atoms. The molecular formula is C19H20F3NO. The summed E-state index contributed by atoms with van der Waals surface area (Å²) in [5, 5.41) is 10.9. The second kappa shape index (κ2) is 6.95. The predicted octanol–water partition coefficient (Wildman–Crippen LogP) is 3.69. The van der Waals surface area contributed by atoms with Crippen LogP contribution >= 0.6 is 0 Å². The van der Waals surface area contributed by atoms with Crippen LogP contribution in [0, 0.1) is 17.5 Å². The van der Waals surface area contributed by atoms with Gasteiger partial charge < -0.3 is 10.0 Å². The highest BCUT2D eigenvalue weighted by Crippen LogP contribution is 2.35. The summed E-state index contributed by atoms with van der Waals surface area (Å²) >= 11 is 0. The van der Waals surface area contributed by atoms with Gasteiger partial charge in [0.15, 0.2) is 11.6 Å². The van der Waals surface area contributed by atoms with Crippen molar-refractivity contribution >= 4 is 0 Å². The van der Waals surface area contributed by atoms with E-state index in [0.29, 0.717) is 5.56 Å². The minimum Gasteiger partial charge on any atom is -0.391 e. The first-order chi connectivity index (χ1) is 11.5. The average molecular weight is 335 g/mol. The number of rotatable bonds is 4. The van der Waals surface area contributed by atoms with Crippen LogP contribution in [0.15, 0.2) is 42.5 Å². The molecule has 1 aliphatic rings. The Hall–Kier alpha value is -1.85. The molecule has 1 N–H and O–H groups in total. The maximum absolute atomic E-state index is 14.4. The van der Waals surface area contributed by atoms with E-state index in [1.807, 2.05) is 11.9 Å². The number of aliphatic hydroxyl groups is 1. The Kier molecular flexibility index (Phi) is 4.92. The van der Waals surface area contributed by atoms with Gasteiger partial charge in [0.25, 0.3) is 0 Å². The van der Waals surface area contributed by atoms with Crippen molar-refractivity contribution in [3.63, 3.8) is 0 Å². The summed E-state index contributed by atoms with van der Waals surface area (Å²) in [4.78, 5) is 2.03. The molecule has 1 fully saturated rings. The second-order valence-electron chi connectivity index (χ2n) is 6.35. The van der Waals surface area contributed by atoms with Crippen molar-refractivity contribution in [1.29, 1.82) is 0 Å². The summed E-state index contributed by atoms with van der Waals surface area (Å²) in [5.74, 6) is -3.09. The number of halogens is 3. The summed E-state index contributed by atoms with van der Waals surface area (Å²) in [6.07, 6.45) is 0.811. The summed E-state index contributed by atoms with van der Waals surface area (Å²) in [7, 11) is 1.91. The highest BCUT2D eigenvalue weighted by Gasteiger charge is 2.36. The first-order valence-corrected chi connectivity index (χ1v) is 8.06. The zero-order valence-corrected chi connectivity index (χ0v) is 13.4. The van der Waals surface area contributed by atoms with Crippen LogP contribution in [0.1, 0.15) is 29.9 Å². The number of benzene rings is 2. The lowest BCUT2D eigenvalue weighted by Gasteiger charge is -2.32. The molecule has 1 saturated heterocycles. The smallest absolute Gasteiger partial charge is 0.162 e. The van der Waals surface area contributed by atoms with E-state index < -0.39 is 29.5 Å². The summed E-state index contributed by atoms with van der Waals surface area (Å²) in [6.45, 7) is 0.851. The molecule has 0 unspecified atom stereocenters. The maximum atomic E-state index is 14.4. The lowest BCUT2D eigenvalue weighted by molar-refractivity contribution is 0.0713. The summed E-state index contributed by atoms with van der Waals surface area (Å²) in [6, 6.07) is 9.37. The molecule has 3 atom stereocenters. The SMILES string of the molecule is CN1CCC[C@@H]1[C@@H](O)[C@@H](c1ccc(F)cc1)c1cccc(F)c1F. The van der Waals surface area contributed by atoms with Gasteiger partial charge in [-0.2, -0.15) is 0 Å². The molecule has 24 heavy (non-hydrogen) atoms. The molecule has 2 aromatic rings. The van der Waals surface area contributed by atoms with Crippen molar-refractivity contribution < 1.29 is 18.3 Å². The molecule has 5 heteroatoms. The van der Waals surface area contributed by atoms with Gasteiger partial charge in [0.1, 0.15) is 5.82 Å². The van der Waals surface area contributed by atoms with Gasteiger partial charge in [-0.3, -0.25) is 0 Å². The van der Waals surface area contributed by atoms with Gasteiger partial charge in [0.05, 0.1) is 6.10 Å². The number of hydrogen-bond acceptors (Lipinski definition) is 2. The molecule has 2 nitrogen and oxygen atoms in total. The van der Waals surface area contributed by atoms with Crippen molar-refractivity contribution in [3.8, 4) is 0 Å². The van der Waals surface area contributed by atoms with Crippen LogP contribution in [-0.4, -0.2) is 35.7 Å². The first kappa shape index (κ1) is 17.0. The van der Waals surface area contributed by atoms with E-state index >= 15 is 0 Å². The fourth-order valence-corrected chi connectivity index (χ4v) is 3.58. The van der Waals surface area contributed by atoms with Crippen LogP contribution < -0.4 is 0 Å². The van der Waals surface area contributed by atoms with E-state index in [-0.39, 0.29) is 11.6 Å². The average Bonchev–Trinajstić information content (AvgIpc) is 2.99. The zero-order valence-electron chi connectivity index (χ0n) is 13.4. The van der Waals surface area contributed by atoms with E-state index in [1.54, 1.807) is 0 Å². The van der Waals surface area contributed by atoms with E-state index in [0.717, 1.165) is 25.5 Å². The van der Waals surface area contributed by atoms with Crippen LogP contribution in [0.3, 0.4) is 0 Å². The third-order valence-corrected chi connectivity index (χ3v) is 4.86. The van der Waals surface area contributed by atoms with Crippen molar-refractivity contribution in [2.24, 2.45) is 0 Å². The van der Waals surface area contributed by atoms with E-state index in [4.69, 9.17) is 0 Å². The standard InChI is InChI=1S/C19H20F3NO/c1-23-11-3-6-16(23)19(24)17(12-7-9-13(20)10-8-12)14-4-2-5-15(21)18(14)22/h2,4-5,7-10,16-17,19,24H,3,6,11H2,1H3/t16-,17+,19-/m1/s1. The topological polar surface area (TPSA) is 23.5 Å². The van der Waals surface area contributed by atoms with Gasteiger partial charge in [-0.25, -0.2) is 13.2 Å². The van der Waals surface area contributed by atoms with Crippen LogP contribution in [0.2, 0.25) is 0 Å². The minimum absolute atomic E-state index is 0.0920. The fraction of sp³-hybridized carbons (Fsp3) is 0.368. The predicted molar refractivity (Wildman–Crippen MR) is 86.3 cm³/mol. The molecule has 0 aliphatic carbocycles. The second-order valence-corrected chi connectivity index (χ2v) is 6.35. The number of nitrogens with zero attached hydrogens (tertiary/aromatic N) is 1. The van der Waals surface area contributed by atoms with Crippen LogP contribution in [0.25, 0.3) is 0 Å². The van der Waals surface area contributed by atoms with Gasteiger partial charge in [0.2, 0.25) is 0 Å². The van der Waals surface area contributed by atoms with Gasteiger partial charge in [-0.15, -0.1) is 0 Å². The Balaban J connectivity index is 2.06. The Labute approximate surface area is 139 Å². The van der Waals surface area contributed by atoms with Gasteiger partial charge in [0, 0.05) is 17.5 Å². The molecule has 1 aliphatic heterocycles. The molecule has 0 aromatic heterocycles. The van der Waals surface area contributed by atoms with Crippen molar-refractivity contribution in [2.75, 3.05) is 13.6 Å². The van der Waals surface area contributed by atoms with Crippen LogP contribution in [0.4, 0.5) is 13.2 Å². The van der Waals surface area contributed by atoms with Gasteiger partial charge in [-0.05, 0) is 50.2 Å². The van der Waals surface area contributed by atoms with Gasteiger partial charge >= 0.3 is 0 Å². The van der Waals surface area contributed by atoms with E-state index in [9.17, 15) is 18.3 Å². The quantitative estimate of drug-likeness (QED) is 0.921. The largest absolute Gasteiger partial charge is 0.391 e. The summed E-state index contributed by atoms with van der Waals surface area (Å²) in [5.41, 5.74) is 0.656. The molecule has 128 valence electrons. The van der Waals surface area contributed by atoms with Crippen molar-refractivity contribution in [2.45, 2.75) is 30.9 Å². The van der Waals surface area contributed by atoms with Crippen LogP contribution in [0.5, 0.6) is 0 Å². The van der Waals surface area contributed by atoms with E-state index in [2.05, 4.69) is 0 Å². The number of likely N-dealkylation sites (tertiary alicyclic amines) is 1. The van der Waals surface area contributed by atoms with Gasteiger partial charge in [-0.1, -0.05) is 24.3 Å². The normalized spacial score (nSPS) is 21.0.